The first kappa shape index (κ1) is 21.1. The second-order valence-electron chi connectivity index (χ2n) is 7.44. The highest BCUT2D eigenvalue weighted by Crippen LogP contribution is 2.17. The van der Waals surface area contributed by atoms with Crippen molar-refractivity contribution in [1.82, 2.24) is 14.5 Å². The van der Waals surface area contributed by atoms with Crippen LogP contribution >= 0.6 is 0 Å². The maximum Gasteiger partial charge on any atom is 0.317 e. The minimum absolute atomic E-state index is 0.210. The Morgan fingerprint density at radius 2 is 1.53 bits per heavy atom. The maximum atomic E-state index is 12.6. The Hall–Kier alpha value is -4.13. The quantitative estimate of drug-likeness (QED) is 0.478. The van der Waals surface area contributed by atoms with Crippen LogP contribution in [0, 0.1) is 0 Å². The molecule has 1 N–H and O–H groups in total. The minimum atomic E-state index is -0.579. The highest BCUT2D eigenvalue weighted by Gasteiger charge is 2.12. The molecular formula is C25H23N3O4. The molecule has 0 bridgehead atoms. The number of hydrogen-bond acceptors (Lipinski definition) is 4. The number of rotatable bonds is 6. The number of amides is 1. The number of benzene rings is 3. The number of nitrogens with zero attached hydrogens (tertiary/aromatic N) is 2. The Kier molecular flexibility index (Phi) is 5.89. The summed E-state index contributed by atoms with van der Waals surface area (Å²) in [4.78, 5) is 37.5. The molecule has 0 aliphatic heterocycles. The van der Waals surface area contributed by atoms with Gasteiger partial charge in [-0.1, -0.05) is 42.5 Å². The molecule has 0 fully saturated rings. The third-order valence-corrected chi connectivity index (χ3v) is 5.46. The Morgan fingerprint density at radius 1 is 0.875 bits per heavy atom. The van der Waals surface area contributed by atoms with Gasteiger partial charge in [0, 0.05) is 24.7 Å². The van der Waals surface area contributed by atoms with Crippen molar-refractivity contribution >= 4 is 16.9 Å². The third-order valence-electron chi connectivity index (χ3n) is 5.46. The fourth-order valence-corrected chi connectivity index (χ4v) is 3.68. The molecule has 0 saturated heterocycles. The van der Waals surface area contributed by atoms with E-state index < -0.39 is 11.1 Å². The number of methoxy groups -OCH3 is 1. The normalized spacial score (nSPS) is 10.8. The van der Waals surface area contributed by atoms with Gasteiger partial charge in [-0.3, -0.25) is 19.0 Å². The van der Waals surface area contributed by atoms with Crippen LogP contribution in [0.15, 0.2) is 82.4 Å². The molecule has 162 valence electrons. The molecule has 1 aromatic heterocycles. The van der Waals surface area contributed by atoms with E-state index in [4.69, 9.17) is 4.74 Å². The molecule has 3 aromatic carbocycles. The number of fused-ring (bicyclic) bond motifs is 1. The standard InChI is InChI=1S/C25H23N3O4/c1-27-20-8-4-5-9-21(20)28(25(31)24(27)30)16-17-11-13-18(14-12-17)23(29)26-15-19-7-3-6-10-22(19)32-2/h3-14H,15-16H2,1-2H3,(H,26,29). The van der Waals surface area contributed by atoms with Gasteiger partial charge in [0.1, 0.15) is 5.75 Å². The average molecular weight is 429 g/mol. The number of nitrogens with one attached hydrogen (secondary N) is 1. The molecule has 7 nitrogen and oxygen atoms in total. The van der Waals surface area contributed by atoms with Crippen molar-refractivity contribution in [1.29, 1.82) is 0 Å². The SMILES string of the molecule is COc1ccccc1CNC(=O)c1ccc(Cn2c(=O)c(=O)n(C)c3ccccc32)cc1. The molecular weight excluding hydrogens is 406 g/mol. The van der Waals surface area contributed by atoms with E-state index >= 15 is 0 Å². The molecule has 0 unspecified atom stereocenters. The van der Waals surface area contributed by atoms with E-state index in [0.717, 1.165) is 16.9 Å². The molecule has 0 saturated carbocycles. The van der Waals surface area contributed by atoms with Gasteiger partial charge in [-0.2, -0.15) is 0 Å². The predicted molar refractivity (Wildman–Crippen MR) is 123 cm³/mol. The zero-order valence-electron chi connectivity index (χ0n) is 17.9. The number of carbonyl (C=O) groups excluding carboxylic acids is 1. The van der Waals surface area contributed by atoms with Crippen molar-refractivity contribution in [2.75, 3.05) is 7.11 Å². The Balaban J connectivity index is 1.53. The molecule has 4 rings (SSSR count). The molecule has 1 heterocycles. The third kappa shape index (κ3) is 4.05. The maximum absolute atomic E-state index is 12.6. The summed E-state index contributed by atoms with van der Waals surface area (Å²) in [6, 6.07) is 21.8. The van der Waals surface area contributed by atoms with Gasteiger partial charge in [0.25, 0.3) is 5.91 Å². The summed E-state index contributed by atoms with van der Waals surface area (Å²) in [7, 11) is 3.19. The monoisotopic (exact) mass is 429 g/mol. The lowest BCUT2D eigenvalue weighted by Gasteiger charge is -2.13. The number of aromatic nitrogens is 2. The molecule has 1 amide bonds. The number of carbonyl (C=O) groups is 1. The lowest BCUT2D eigenvalue weighted by Crippen LogP contribution is -2.40. The molecule has 0 aliphatic carbocycles. The van der Waals surface area contributed by atoms with Gasteiger partial charge in [-0.15, -0.1) is 0 Å². The second kappa shape index (κ2) is 8.93. The van der Waals surface area contributed by atoms with Crippen molar-refractivity contribution in [2.45, 2.75) is 13.1 Å². The van der Waals surface area contributed by atoms with Gasteiger partial charge in [-0.05, 0) is 35.9 Å². The fourth-order valence-electron chi connectivity index (χ4n) is 3.68. The van der Waals surface area contributed by atoms with Crippen LogP contribution in [0.1, 0.15) is 21.5 Å². The lowest BCUT2D eigenvalue weighted by atomic mass is 10.1. The van der Waals surface area contributed by atoms with Crippen LogP contribution in [0.5, 0.6) is 5.75 Å². The van der Waals surface area contributed by atoms with Crippen LogP contribution in [0.3, 0.4) is 0 Å². The zero-order chi connectivity index (χ0) is 22.7. The Morgan fingerprint density at radius 3 is 2.25 bits per heavy atom. The second-order valence-corrected chi connectivity index (χ2v) is 7.44. The lowest BCUT2D eigenvalue weighted by molar-refractivity contribution is 0.0950. The summed E-state index contributed by atoms with van der Waals surface area (Å²) in [5, 5.41) is 2.89. The minimum Gasteiger partial charge on any atom is -0.496 e. The Labute approximate surface area is 184 Å². The molecule has 7 heteroatoms. The van der Waals surface area contributed by atoms with Crippen molar-refractivity contribution in [3.8, 4) is 5.75 Å². The van der Waals surface area contributed by atoms with E-state index in [9.17, 15) is 14.4 Å². The van der Waals surface area contributed by atoms with Crippen LogP contribution in [-0.2, 0) is 20.1 Å². The average Bonchev–Trinajstić information content (AvgIpc) is 2.84. The van der Waals surface area contributed by atoms with E-state index in [1.165, 1.54) is 9.13 Å². The van der Waals surface area contributed by atoms with Gasteiger partial charge in [0.15, 0.2) is 0 Å². The van der Waals surface area contributed by atoms with Crippen LogP contribution < -0.4 is 21.2 Å². The Bertz CT molecular complexity index is 1400. The van der Waals surface area contributed by atoms with Gasteiger partial charge in [-0.25, -0.2) is 0 Å². The van der Waals surface area contributed by atoms with Crippen LogP contribution in [0.25, 0.3) is 11.0 Å². The zero-order valence-corrected chi connectivity index (χ0v) is 17.9. The topological polar surface area (TPSA) is 82.3 Å². The summed E-state index contributed by atoms with van der Waals surface area (Å²) < 4.78 is 8.14. The van der Waals surface area contributed by atoms with E-state index in [0.29, 0.717) is 23.1 Å². The molecule has 32 heavy (non-hydrogen) atoms. The number of para-hydroxylation sites is 3. The summed E-state index contributed by atoms with van der Waals surface area (Å²) in [5.74, 6) is 0.508. The summed E-state index contributed by atoms with van der Waals surface area (Å²) in [6.45, 7) is 0.581. The van der Waals surface area contributed by atoms with Crippen molar-refractivity contribution in [2.24, 2.45) is 7.05 Å². The van der Waals surface area contributed by atoms with E-state index in [2.05, 4.69) is 5.32 Å². The van der Waals surface area contributed by atoms with Gasteiger partial charge < -0.3 is 14.6 Å². The first-order valence-corrected chi connectivity index (χ1v) is 10.2. The fraction of sp³-hybridized carbons (Fsp3) is 0.160. The van der Waals surface area contributed by atoms with Crippen molar-refractivity contribution in [3.63, 3.8) is 0 Å². The number of hydrogen-bond donors (Lipinski definition) is 1. The molecule has 0 spiro atoms. The van der Waals surface area contributed by atoms with E-state index in [1.54, 1.807) is 38.4 Å². The van der Waals surface area contributed by atoms with Gasteiger partial charge >= 0.3 is 11.1 Å². The van der Waals surface area contributed by atoms with Crippen LogP contribution in [0.4, 0.5) is 0 Å². The van der Waals surface area contributed by atoms with Crippen LogP contribution in [0.2, 0.25) is 0 Å². The number of aryl methyl sites for hydroxylation is 1. The van der Waals surface area contributed by atoms with E-state index in [1.807, 2.05) is 48.5 Å². The highest BCUT2D eigenvalue weighted by molar-refractivity contribution is 5.94. The van der Waals surface area contributed by atoms with Gasteiger partial charge in [0.2, 0.25) is 0 Å². The first-order valence-electron chi connectivity index (χ1n) is 10.2. The smallest absolute Gasteiger partial charge is 0.317 e. The largest absolute Gasteiger partial charge is 0.496 e. The van der Waals surface area contributed by atoms with Gasteiger partial charge in [0.05, 0.1) is 24.7 Å². The molecule has 0 aliphatic rings. The predicted octanol–water partition coefficient (Wildman–Crippen LogP) is 2.69. The summed E-state index contributed by atoms with van der Waals surface area (Å²) >= 11 is 0. The molecule has 0 atom stereocenters. The molecule has 0 radical (unpaired) electrons. The highest BCUT2D eigenvalue weighted by atomic mass is 16.5. The van der Waals surface area contributed by atoms with E-state index in [-0.39, 0.29) is 12.5 Å². The van der Waals surface area contributed by atoms with Crippen molar-refractivity contribution < 1.29 is 9.53 Å². The van der Waals surface area contributed by atoms with Crippen LogP contribution in [-0.4, -0.2) is 22.2 Å². The number of ether oxygens (including phenoxy) is 1. The van der Waals surface area contributed by atoms with Crippen molar-refractivity contribution in [3.05, 3.63) is 110 Å². The summed E-state index contributed by atoms with van der Waals surface area (Å²) in [5.41, 5.74) is 2.41. The summed E-state index contributed by atoms with van der Waals surface area (Å²) in [6.07, 6.45) is 0. The first-order chi connectivity index (χ1) is 15.5. The molecule has 4 aromatic rings.